The van der Waals surface area contributed by atoms with E-state index in [4.69, 9.17) is 4.74 Å². The Morgan fingerprint density at radius 1 is 1.22 bits per heavy atom. The summed E-state index contributed by atoms with van der Waals surface area (Å²) in [6, 6.07) is 2.77. The minimum absolute atomic E-state index is 0.191. The van der Waals surface area contributed by atoms with Crippen LogP contribution in [0, 0.1) is 11.3 Å². The molecule has 6 nitrogen and oxygen atoms in total. The van der Waals surface area contributed by atoms with Crippen molar-refractivity contribution in [2.75, 3.05) is 44.3 Å². The van der Waals surface area contributed by atoms with Gasteiger partial charge in [0.25, 0.3) is 0 Å². The molecule has 9 heteroatoms. The zero-order valence-electron chi connectivity index (χ0n) is 18.8. The van der Waals surface area contributed by atoms with Crippen molar-refractivity contribution in [1.29, 1.82) is 0 Å². The molecule has 0 bridgehead atoms. The van der Waals surface area contributed by atoms with E-state index in [1.807, 2.05) is 9.80 Å². The van der Waals surface area contributed by atoms with Gasteiger partial charge in [-0.3, -0.25) is 4.79 Å². The lowest BCUT2D eigenvalue weighted by Gasteiger charge is -2.42. The van der Waals surface area contributed by atoms with Crippen molar-refractivity contribution in [3.05, 3.63) is 23.9 Å². The second-order valence-electron chi connectivity index (χ2n) is 9.66. The molecule has 2 aliphatic heterocycles. The summed E-state index contributed by atoms with van der Waals surface area (Å²) < 4.78 is 44.6. The second-order valence-corrected chi connectivity index (χ2v) is 9.66. The molecule has 3 atom stereocenters. The zero-order chi connectivity index (χ0) is 22.9. The molecule has 2 saturated heterocycles. The molecule has 1 amide bonds. The summed E-state index contributed by atoms with van der Waals surface area (Å²) in [5.41, 5.74) is -1.08. The second kappa shape index (κ2) is 9.17. The Morgan fingerprint density at radius 3 is 2.59 bits per heavy atom. The van der Waals surface area contributed by atoms with Gasteiger partial charge < -0.3 is 19.9 Å². The van der Waals surface area contributed by atoms with Crippen molar-refractivity contribution < 1.29 is 22.7 Å². The number of rotatable bonds is 5. The molecule has 1 aromatic heterocycles. The van der Waals surface area contributed by atoms with E-state index >= 15 is 0 Å². The monoisotopic (exact) mass is 454 g/mol. The molecule has 1 N–H and O–H groups in total. The Hall–Kier alpha value is -1.87. The van der Waals surface area contributed by atoms with Gasteiger partial charge in [0, 0.05) is 51.1 Å². The van der Waals surface area contributed by atoms with Crippen LogP contribution in [0.5, 0.6) is 0 Å². The molecule has 1 aromatic rings. The number of halogens is 3. The van der Waals surface area contributed by atoms with E-state index in [1.165, 1.54) is 6.20 Å². The fourth-order valence-corrected chi connectivity index (χ4v) is 5.40. The van der Waals surface area contributed by atoms with Gasteiger partial charge in [-0.25, -0.2) is 4.98 Å². The number of amides is 1. The maximum atomic E-state index is 13.7. The Bertz CT molecular complexity index is 805. The van der Waals surface area contributed by atoms with E-state index < -0.39 is 11.7 Å². The molecule has 1 saturated carbocycles. The normalized spacial score (nSPS) is 29.2. The lowest BCUT2D eigenvalue weighted by atomic mass is 9.74. The maximum absolute atomic E-state index is 13.7. The third-order valence-electron chi connectivity index (χ3n) is 7.45. The SMILES string of the molecule is CC(C)[C@]1(C(=O)N2CCN(c3cc(C(F)(F)F)ccn3)CC2)CC[C@@H](NC2CCOC2)C1. The van der Waals surface area contributed by atoms with Crippen molar-refractivity contribution in [3.63, 3.8) is 0 Å². The van der Waals surface area contributed by atoms with E-state index in [9.17, 15) is 18.0 Å². The standard InChI is InChI=1S/C23H33F3N4O2/c1-16(2)22(6-3-18(14-22)28-19-5-12-32-15-19)21(31)30-10-8-29(9-11-30)20-13-17(4-7-27-20)23(24,25)26/h4,7,13,16,18-19,28H,3,5-6,8-12,14-15H2,1-2H3/t18-,19?,22+/m1/s1. The van der Waals surface area contributed by atoms with Crippen molar-refractivity contribution >= 4 is 11.7 Å². The fraction of sp³-hybridized carbons (Fsp3) is 0.739. The van der Waals surface area contributed by atoms with Crippen LogP contribution in [-0.4, -0.2) is 67.3 Å². The van der Waals surface area contributed by atoms with Gasteiger partial charge in [-0.1, -0.05) is 13.8 Å². The topological polar surface area (TPSA) is 57.7 Å². The number of alkyl halides is 3. The predicted octanol–water partition coefficient (Wildman–Crippen LogP) is 3.32. The van der Waals surface area contributed by atoms with E-state index in [-0.39, 0.29) is 17.2 Å². The summed E-state index contributed by atoms with van der Waals surface area (Å²) in [5, 5.41) is 3.69. The third kappa shape index (κ3) is 4.73. The van der Waals surface area contributed by atoms with E-state index in [0.29, 0.717) is 44.1 Å². The summed E-state index contributed by atoms with van der Waals surface area (Å²) in [4.78, 5) is 21.5. The van der Waals surface area contributed by atoms with E-state index in [2.05, 4.69) is 24.1 Å². The first-order valence-corrected chi connectivity index (χ1v) is 11.6. The van der Waals surface area contributed by atoms with Crippen molar-refractivity contribution in [2.45, 2.75) is 57.8 Å². The van der Waals surface area contributed by atoms with Gasteiger partial charge in [0.2, 0.25) is 5.91 Å². The average molecular weight is 455 g/mol. The zero-order valence-corrected chi connectivity index (χ0v) is 18.8. The van der Waals surface area contributed by atoms with Crippen LogP contribution < -0.4 is 10.2 Å². The fourth-order valence-electron chi connectivity index (χ4n) is 5.40. The maximum Gasteiger partial charge on any atom is 0.416 e. The number of carbonyl (C=O) groups is 1. The van der Waals surface area contributed by atoms with Gasteiger partial charge >= 0.3 is 6.18 Å². The molecule has 0 radical (unpaired) electrons. The highest BCUT2D eigenvalue weighted by atomic mass is 19.4. The van der Waals surface area contributed by atoms with Crippen LogP contribution >= 0.6 is 0 Å². The van der Waals surface area contributed by atoms with Gasteiger partial charge in [-0.2, -0.15) is 13.2 Å². The van der Waals surface area contributed by atoms with Crippen LogP contribution in [0.25, 0.3) is 0 Å². The lowest BCUT2D eigenvalue weighted by Crippen LogP contribution is -2.54. The van der Waals surface area contributed by atoms with Crippen molar-refractivity contribution in [2.24, 2.45) is 11.3 Å². The third-order valence-corrected chi connectivity index (χ3v) is 7.45. The highest BCUT2D eigenvalue weighted by molar-refractivity contribution is 5.84. The lowest BCUT2D eigenvalue weighted by molar-refractivity contribution is -0.145. The van der Waals surface area contributed by atoms with Crippen LogP contribution in [0.3, 0.4) is 0 Å². The first kappa shape index (κ1) is 23.3. The van der Waals surface area contributed by atoms with Gasteiger partial charge in [-0.15, -0.1) is 0 Å². The minimum Gasteiger partial charge on any atom is -0.380 e. The van der Waals surface area contributed by atoms with Crippen LogP contribution in [0.15, 0.2) is 18.3 Å². The first-order valence-electron chi connectivity index (χ1n) is 11.6. The summed E-state index contributed by atoms with van der Waals surface area (Å²) in [5.74, 6) is 0.732. The first-order chi connectivity index (χ1) is 15.2. The number of piperazine rings is 1. The van der Waals surface area contributed by atoms with Gasteiger partial charge in [-0.05, 0) is 43.7 Å². The van der Waals surface area contributed by atoms with Crippen LogP contribution in [0.2, 0.25) is 0 Å². The number of pyridine rings is 1. The van der Waals surface area contributed by atoms with Crippen molar-refractivity contribution in [1.82, 2.24) is 15.2 Å². The molecular weight excluding hydrogens is 421 g/mol. The Labute approximate surface area is 187 Å². The summed E-state index contributed by atoms with van der Waals surface area (Å²) in [6.07, 6.45) is 0.500. The van der Waals surface area contributed by atoms with Crippen LogP contribution in [0.1, 0.15) is 45.1 Å². The Kier molecular flexibility index (Phi) is 6.68. The number of nitrogens with zero attached hydrogens (tertiary/aromatic N) is 3. The number of aromatic nitrogens is 1. The molecule has 1 aliphatic carbocycles. The number of hydrogen-bond acceptors (Lipinski definition) is 5. The van der Waals surface area contributed by atoms with Crippen LogP contribution in [0.4, 0.5) is 19.0 Å². The van der Waals surface area contributed by atoms with Crippen molar-refractivity contribution in [3.8, 4) is 0 Å². The molecule has 3 fully saturated rings. The quantitative estimate of drug-likeness (QED) is 0.740. The van der Waals surface area contributed by atoms with Gasteiger partial charge in [0.1, 0.15) is 5.82 Å². The van der Waals surface area contributed by atoms with E-state index in [1.54, 1.807) is 0 Å². The number of carbonyl (C=O) groups excluding carboxylic acids is 1. The largest absolute Gasteiger partial charge is 0.416 e. The van der Waals surface area contributed by atoms with Gasteiger partial charge in [0.15, 0.2) is 0 Å². The minimum atomic E-state index is -4.39. The molecule has 3 heterocycles. The molecular formula is C23H33F3N4O2. The number of hydrogen-bond donors (Lipinski definition) is 1. The number of ether oxygens (including phenoxy) is 1. The highest BCUT2D eigenvalue weighted by Gasteiger charge is 2.49. The average Bonchev–Trinajstić information content (AvgIpc) is 3.44. The molecule has 1 unspecified atom stereocenters. The number of nitrogens with one attached hydrogen (secondary N) is 1. The molecule has 178 valence electrons. The summed E-state index contributed by atoms with van der Waals surface area (Å²) in [7, 11) is 0. The molecule has 32 heavy (non-hydrogen) atoms. The van der Waals surface area contributed by atoms with Gasteiger partial charge in [0.05, 0.1) is 17.6 Å². The molecule has 0 aromatic carbocycles. The molecule has 0 spiro atoms. The molecule has 3 aliphatic rings. The Morgan fingerprint density at radius 2 is 1.97 bits per heavy atom. The predicted molar refractivity (Wildman–Crippen MR) is 115 cm³/mol. The summed E-state index contributed by atoms with van der Waals surface area (Å²) in [6.45, 7) is 7.75. The molecule has 4 rings (SSSR count). The Balaban J connectivity index is 1.38. The smallest absolute Gasteiger partial charge is 0.380 e. The van der Waals surface area contributed by atoms with E-state index in [0.717, 1.165) is 51.0 Å². The van der Waals surface area contributed by atoms with Crippen LogP contribution in [-0.2, 0) is 15.7 Å². The summed E-state index contributed by atoms with van der Waals surface area (Å²) >= 11 is 0. The number of anilines is 1. The highest BCUT2D eigenvalue weighted by Crippen LogP contribution is 2.46.